The molecule has 2 aromatic rings. The molecule has 0 saturated heterocycles. The van der Waals surface area contributed by atoms with Gasteiger partial charge in [-0.2, -0.15) is 0 Å². The van der Waals surface area contributed by atoms with Crippen molar-refractivity contribution < 1.29 is 13.9 Å². The zero-order valence-corrected chi connectivity index (χ0v) is 14.3. The molecule has 8 heteroatoms. The molecule has 1 aromatic heterocycles. The minimum atomic E-state index is -0.352. The first-order valence-corrected chi connectivity index (χ1v) is 8.35. The first kappa shape index (κ1) is 17.2. The van der Waals surface area contributed by atoms with Gasteiger partial charge >= 0.3 is 6.03 Å². The van der Waals surface area contributed by atoms with Gasteiger partial charge < -0.3 is 15.4 Å². The molecule has 1 saturated carbocycles. The Morgan fingerprint density at radius 1 is 1.44 bits per heavy atom. The number of carbonyl (C=O) groups excluding carboxylic acids is 1. The van der Waals surface area contributed by atoms with Crippen LogP contribution in [0, 0.1) is 5.82 Å². The summed E-state index contributed by atoms with van der Waals surface area (Å²) < 4.78 is 20.4. The third-order valence-electron chi connectivity index (χ3n) is 4.55. The zero-order valence-electron chi connectivity index (χ0n) is 14.3. The molecule has 7 nitrogen and oxygen atoms in total. The average Bonchev–Trinajstić information content (AvgIpc) is 3.03. The van der Waals surface area contributed by atoms with E-state index in [0.717, 1.165) is 24.1 Å². The Balaban J connectivity index is 1.44. The van der Waals surface area contributed by atoms with Crippen LogP contribution in [0.1, 0.15) is 36.9 Å². The van der Waals surface area contributed by atoms with Crippen molar-refractivity contribution in [3.8, 4) is 5.75 Å². The summed E-state index contributed by atoms with van der Waals surface area (Å²) in [5.74, 6) is 0.157. The molecule has 2 N–H and O–H groups in total. The summed E-state index contributed by atoms with van der Waals surface area (Å²) in [5, 5.41) is 13.5. The molecule has 3 rings (SSSR count). The number of aryl methyl sites for hydroxylation is 1. The highest BCUT2D eigenvalue weighted by Crippen LogP contribution is 2.38. The van der Waals surface area contributed by atoms with Gasteiger partial charge in [0.25, 0.3) is 0 Å². The van der Waals surface area contributed by atoms with Gasteiger partial charge in [-0.25, -0.2) is 13.9 Å². The molecule has 0 aliphatic heterocycles. The number of nitrogens with one attached hydrogen (secondary N) is 2. The lowest BCUT2D eigenvalue weighted by molar-refractivity contribution is 0.222. The molecule has 1 heterocycles. The van der Waals surface area contributed by atoms with Crippen LogP contribution in [0.2, 0.25) is 0 Å². The Kier molecular flexibility index (Phi) is 5.16. The molecular weight excluding hydrogens is 325 g/mol. The number of nitrogens with zero attached hydrogens (tertiary/aromatic N) is 3. The standard InChI is InChI=1S/C17H22FN5O2/c1-3-23-14(10-20-22-23)9-19-17(24)21-13-6-12(7-13)11-4-5-16(25-2)15(18)8-11/h4-5,8,10,12-13H,3,6-7,9H2,1-2H3,(H2,19,21,24). The average molecular weight is 347 g/mol. The van der Waals surface area contributed by atoms with Crippen molar-refractivity contribution in [2.75, 3.05) is 7.11 Å². The quantitative estimate of drug-likeness (QED) is 0.839. The largest absolute Gasteiger partial charge is 0.494 e. The van der Waals surface area contributed by atoms with Gasteiger partial charge in [0.2, 0.25) is 0 Å². The highest BCUT2D eigenvalue weighted by atomic mass is 19.1. The van der Waals surface area contributed by atoms with Crippen molar-refractivity contribution in [2.24, 2.45) is 0 Å². The Morgan fingerprint density at radius 2 is 2.24 bits per heavy atom. The first-order valence-electron chi connectivity index (χ1n) is 8.35. The minimum Gasteiger partial charge on any atom is -0.494 e. The normalized spacial score (nSPS) is 19.2. The van der Waals surface area contributed by atoms with Crippen molar-refractivity contribution in [1.82, 2.24) is 25.6 Å². The number of methoxy groups -OCH3 is 1. The van der Waals surface area contributed by atoms with Gasteiger partial charge in [0.15, 0.2) is 11.6 Å². The Bertz CT molecular complexity index is 742. The number of aromatic nitrogens is 3. The summed E-state index contributed by atoms with van der Waals surface area (Å²) >= 11 is 0. The fourth-order valence-corrected chi connectivity index (χ4v) is 3.03. The molecule has 1 aliphatic rings. The van der Waals surface area contributed by atoms with E-state index in [9.17, 15) is 9.18 Å². The number of hydrogen-bond donors (Lipinski definition) is 2. The van der Waals surface area contributed by atoms with E-state index in [1.807, 2.05) is 13.0 Å². The van der Waals surface area contributed by atoms with Gasteiger partial charge in [0, 0.05) is 12.6 Å². The number of benzene rings is 1. The van der Waals surface area contributed by atoms with Crippen LogP contribution in [0.3, 0.4) is 0 Å². The second kappa shape index (κ2) is 7.50. The molecule has 0 atom stereocenters. The fraction of sp³-hybridized carbons (Fsp3) is 0.471. The van der Waals surface area contributed by atoms with Crippen LogP contribution < -0.4 is 15.4 Å². The van der Waals surface area contributed by atoms with Gasteiger partial charge in [-0.15, -0.1) is 5.10 Å². The predicted molar refractivity (Wildman–Crippen MR) is 89.8 cm³/mol. The van der Waals surface area contributed by atoms with Crippen molar-refractivity contribution >= 4 is 6.03 Å². The monoisotopic (exact) mass is 347 g/mol. The number of hydrogen-bond acceptors (Lipinski definition) is 4. The highest BCUT2D eigenvalue weighted by molar-refractivity contribution is 5.74. The minimum absolute atomic E-state index is 0.101. The summed E-state index contributed by atoms with van der Waals surface area (Å²) in [6, 6.07) is 4.92. The zero-order chi connectivity index (χ0) is 17.8. The summed E-state index contributed by atoms with van der Waals surface area (Å²) in [5.41, 5.74) is 1.80. The third-order valence-corrected chi connectivity index (χ3v) is 4.55. The molecule has 0 unspecified atom stereocenters. The van der Waals surface area contributed by atoms with Gasteiger partial charge in [0.1, 0.15) is 0 Å². The van der Waals surface area contributed by atoms with Crippen molar-refractivity contribution in [3.05, 3.63) is 41.5 Å². The molecule has 1 aromatic carbocycles. The number of halogens is 1. The number of carbonyl (C=O) groups is 1. The van der Waals surface area contributed by atoms with Crippen LogP contribution in [0.15, 0.2) is 24.4 Å². The van der Waals surface area contributed by atoms with E-state index in [1.165, 1.54) is 13.2 Å². The number of amides is 2. The van der Waals surface area contributed by atoms with Crippen molar-refractivity contribution in [2.45, 2.75) is 44.8 Å². The number of urea groups is 1. The molecule has 25 heavy (non-hydrogen) atoms. The maximum atomic E-state index is 13.8. The van der Waals surface area contributed by atoms with Gasteiger partial charge in [-0.1, -0.05) is 11.3 Å². The van der Waals surface area contributed by atoms with E-state index in [0.29, 0.717) is 13.1 Å². The summed E-state index contributed by atoms with van der Waals surface area (Å²) in [6.45, 7) is 3.06. The van der Waals surface area contributed by atoms with Crippen LogP contribution in [0.5, 0.6) is 5.75 Å². The Morgan fingerprint density at radius 3 is 2.92 bits per heavy atom. The first-order chi connectivity index (χ1) is 12.1. The van der Waals surface area contributed by atoms with Gasteiger partial charge in [-0.05, 0) is 43.4 Å². The second-order valence-corrected chi connectivity index (χ2v) is 6.13. The molecule has 0 bridgehead atoms. The summed E-state index contributed by atoms with van der Waals surface area (Å²) in [4.78, 5) is 12.0. The summed E-state index contributed by atoms with van der Waals surface area (Å²) in [6.07, 6.45) is 3.24. The maximum absolute atomic E-state index is 13.8. The van der Waals surface area contributed by atoms with Crippen LogP contribution >= 0.6 is 0 Å². The molecule has 2 amide bonds. The van der Waals surface area contributed by atoms with E-state index in [1.54, 1.807) is 16.9 Å². The topological polar surface area (TPSA) is 81.1 Å². The lowest BCUT2D eigenvalue weighted by atomic mass is 9.76. The van der Waals surface area contributed by atoms with E-state index in [2.05, 4.69) is 20.9 Å². The Labute approximate surface area is 145 Å². The molecule has 134 valence electrons. The predicted octanol–water partition coefficient (Wildman–Crippen LogP) is 2.19. The van der Waals surface area contributed by atoms with E-state index in [-0.39, 0.29) is 29.6 Å². The van der Waals surface area contributed by atoms with Crippen LogP contribution in [-0.4, -0.2) is 34.2 Å². The van der Waals surface area contributed by atoms with Crippen molar-refractivity contribution in [1.29, 1.82) is 0 Å². The van der Waals surface area contributed by atoms with E-state index in [4.69, 9.17) is 4.74 Å². The lowest BCUT2D eigenvalue weighted by Gasteiger charge is -2.36. The van der Waals surface area contributed by atoms with Crippen LogP contribution in [0.4, 0.5) is 9.18 Å². The molecule has 0 radical (unpaired) electrons. The van der Waals surface area contributed by atoms with Gasteiger partial charge in [-0.3, -0.25) is 0 Å². The molecular formula is C17H22FN5O2. The van der Waals surface area contributed by atoms with Gasteiger partial charge in [0.05, 0.1) is 25.5 Å². The van der Waals surface area contributed by atoms with Crippen LogP contribution in [-0.2, 0) is 13.1 Å². The molecule has 0 spiro atoms. The number of rotatable bonds is 6. The smallest absolute Gasteiger partial charge is 0.315 e. The molecule has 1 aliphatic carbocycles. The van der Waals surface area contributed by atoms with E-state index < -0.39 is 0 Å². The third kappa shape index (κ3) is 3.89. The lowest BCUT2D eigenvalue weighted by Crippen LogP contribution is -2.47. The highest BCUT2D eigenvalue weighted by Gasteiger charge is 2.31. The SMILES string of the molecule is CCn1nncc1CNC(=O)NC1CC(c2ccc(OC)c(F)c2)C1. The van der Waals surface area contributed by atoms with E-state index >= 15 is 0 Å². The van der Waals surface area contributed by atoms with Crippen LogP contribution in [0.25, 0.3) is 0 Å². The fourth-order valence-electron chi connectivity index (χ4n) is 3.03. The molecule has 1 fully saturated rings. The number of ether oxygens (including phenoxy) is 1. The summed E-state index contributed by atoms with van der Waals surface area (Å²) in [7, 11) is 1.45. The van der Waals surface area contributed by atoms with Crippen molar-refractivity contribution in [3.63, 3.8) is 0 Å². The second-order valence-electron chi connectivity index (χ2n) is 6.13. The Hall–Kier alpha value is -2.64. The maximum Gasteiger partial charge on any atom is 0.315 e.